The second-order valence-corrected chi connectivity index (χ2v) is 7.97. The van der Waals surface area contributed by atoms with Crippen LogP contribution in [0.4, 0.5) is 0 Å². The minimum absolute atomic E-state index is 0.120. The fourth-order valence-electron chi connectivity index (χ4n) is 4.16. The van der Waals surface area contributed by atoms with Crippen molar-refractivity contribution in [2.75, 3.05) is 13.7 Å². The van der Waals surface area contributed by atoms with Crippen LogP contribution < -0.4 is 9.47 Å². The standard InChI is InChI=1S/C24H32O5/c1-27-23(26)11-6-4-2-3-5-7-14-28-21-13-12-18-15-19-9-8-10-20(17-25)24(19)29-22(18)16-21/h12-13,16-17,19H,2-11,14-15H2,1H3. The number of rotatable bonds is 11. The van der Waals surface area contributed by atoms with Crippen LogP contribution in [0, 0.1) is 5.92 Å². The van der Waals surface area contributed by atoms with Gasteiger partial charge in [0.1, 0.15) is 23.5 Å². The third-order valence-electron chi connectivity index (χ3n) is 5.82. The van der Waals surface area contributed by atoms with Crippen molar-refractivity contribution in [3.05, 3.63) is 35.1 Å². The lowest BCUT2D eigenvalue weighted by atomic mass is 9.83. The van der Waals surface area contributed by atoms with Gasteiger partial charge in [0.05, 0.1) is 13.7 Å². The minimum Gasteiger partial charge on any atom is -0.493 e. The lowest BCUT2D eigenvalue weighted by Gasteiger charge is -2.32. The first kappa shape index (κ1) is 21.4. The van der Waals surface area contributed by atoms with Gasteiger partial charge in [-0.25, -0.2) is 0 Å². The first-order valence-electron chi connectivity index (χ1n) is 10.9. The van der Waals surface area contributed by atoms with Gasteiger partial charge in [-0.15, -0.1) is 0 Å². The summed E-state index contributed by atoms with van der Waals surface area (Å²) in [6, 6.07) is 6.08. The second kappa shape index (κ2) is 11.0. The van der Waals surface area contributed by atoms with Crippen LogP contribution in [0.15, 0.2) is 29.5 Å². The van der Waals surface area contributed by atoms with Crippen LogP contribution in [-0.4, -0.2) is 26.0 Å². The van der Waals surface area contributed by atoms with E-state index in [-0.39, 0.29) is 5.97 Å². The number of methoxy groups -OCH3 is 1. The van der Waals surface area contributed by atoms with Gasteiger partial charge in [0.15, 0.2) is 0 Å². The number of hydrogen-bond acceptors (Lipinski definition) is 5. The number of carbonyl (C=O) groups excluding carboxylic acids is 2. The molecule has 0 N–H and O–H groups in total. The number of benzene rings is 1. The summed E-state index contributed by atoms with van der Waals surface area (Å²) in [6.07, 6.45) is 11.8. The molecular formula is C24H32O5. The molecule has 0 amide bonds. The second-order valence-electron chi connectivity index (χ2n) is 7.97. The van der Waals surface area contributed by atoms with Crippen molar-refractivity contribution in [3.8, 4) is 11.5 Å². The number of fused-ring (bicyclic) bond motifs is 2. The SMILES string of the molecule is COC(=O)CCCCCCCCOc1ccc2c(c1)OC1=C(C=O)CCCC1C2. The van der Waals surface area contributed by atoms with Gasteiger partial charge in [-0.3, -0.25) is 9.59 Å². The van der Waals surface area contributed by atoms with Gasteiger partial charge in [0.2, 0.25) is 0 Å². The quantitative estimate of drug-likeness (QED) is 0.292. The van der Waals surface area contributed by atoms with Crippen molar-refractivity contribution in [2.24, 2.45) is 5.92 Å². The molecule has 5 heteroatoms. The monoisotopic (exact) mass is 400 g/mol. The first-order chi connectivity index (χ1) is 14.2. The van der Waals surface area contributed by atoms with Gasteiger partial charge in [-0.1, -0.05) is 31.7 Å². The van der Waals surface area contributed by atoms with Crippen molar-refractivity contribution in [1.29, 1.82) is 0 Å². The maximum atomic E-state index is 11.3. The molecule has 0 aromatic heterocycles. The Morgan fingerprint density at radius 2 is 1.97 bits per heavy atom. The van der Waals surface area contributed by atoms with E-state index in [9.17, 15) is 9.59 Å². The molecule has 0 saturated carbocycles. The minimum atomic E-state index is -0.120. The maximum Gasteiger partial charge on any atom is 0.305 e. The summed E-state index contributed by atoms with van der Waals surface area (Å²) < 4.78 is 16.7. The van der Waals surface area contributed by atoms with Gasteiger partial charge in [-0.05, 0) is 50.2 Å². The molecule has 3 rings (SSSR count). The van der Waals surface area contributed by atoms with Crippen LogP contribution in [0.3, 0.4) is 0 Å². The highest BCUT2D eigenvalue weighted by molar-refractivity contribution is 5.75. The zero-order valence-electron chi connectivity index (χ0n) is 17.4. The first-order valence-corrected chi connectivity index (χ1v) is 10.9. The molecule has 1 aromatic carbocycles. The predicted octanol–water partition coefficient (Wildman–Crippen LogP) is 5.16. The number of carbonyl (C=O) groups is 2. The number of hydrogen-bond donors (Lipinski definition) is 0. The Hall–Kier alpha value is -2.30. The molecule has 1 aliphatic carbocycles. The van der Waals surface area contributed by atoms with Gasteiger partial charge in [0, 0.05) is 24.0 Å². The highest BCUT2D eigenvalue weighted by Gasteiger charge is 2.30. The van der Waals surface area contributed by atoms with Crippen molar-refractivity contribution in [1.82, 2.24) is 0 Å². The summed E-state index contributed by atoms with van der Waals surface area (Å²) in [5.41, 5.74) is 2.02. The van der Waals surface area contributed by atoms with Crippen LogP contribution in [0.25, 0.3) is 0 Å². The molecule has 2 aliphatic rings. The third kappa shape index (κ3) is 6.09. The Bertz CT molecular complexity index is 737. The molecule has 1 atom stereocenters. The van der Waals surface area contributed by atoms with E-state index >= 15 is 0 Å². The highest BCUT2D eigenvalue weighted by atomic mass is 16.5. The molecule has 0 radical (unpaired) electrons. The molecule has 1 heterocycles. The molecule has 158 valence electrons. The van der Waals surface area contributed by atoms with Gasteiger partial charge in [0.25, 0.3) is 0 Å². The molecule has 0 fully saturated rings. The van der Waals surface area contributed by atoms with Crippen LogP contribution in [0.2, 0.25) is 0 Å². The molecule has 0 spiro atoms. The largest absolute Gasteiger partial charge is 0.493 e. The summed E-state index contributed by atoms with van der Waals surface area (Å²) in [6.45, 7) is 0.686. The third-order valence-corrected chi connectivity index (χ3v) is 5.82. The Labute approximate surface area is 173 Å². The lowest BCUT2D eigenvalue weighted by molar-refractivity contribution is -0.140. The summed E-state index contributed by atoms with van der Waals surface area (Å²) in [7, 11) is 1.43. The molecule has 0 saturated heterocycles. The zero-order chi connectivity index (χ0) is 20.5. The average molecular weight is 401 g/mol. The molecule has 1 aromatic rings. The van der Waals surface area contributed by atoms with Crippen molar-refractivity contribution < 1.29 is 23.8 Å². The number of allylic oxidation sites excluding steroid dienone is 2. The number of ether oxygens (including phenoxy) is 3. The molecule has 0 bridgehead atoms. The number of aldehydes is 1. The summed E-state index contributed by atoms with van der Waals surface area (Å²) in [5.74, 6) is 2.76. The Kier molecular flexibility index (Phi) is 8.14. The summed E-state index contributed by atoms with van der Waals surface area (Å²) in [4.78, 5) is 22.4. The predicted molar refractivity (Wildman–Crippen MR) is 111 cm³/mol. The fourth-order valence-corrected chi connectivity index (χ4v) is 4.16. The number of esters is 1. The van der Waals surface area contributed by atoms with E-state index in [1.807, 2.05) is 12.1 Å². The average Bonchev–Trinajstić information content (AvgIpc) is 2.75. The summed E-state index contributed by atoms with van der Waals surface area (Å²) in [5, 5.41) is 0. The van der Waals surface area contributed by atoms with E-state index in [0.29, 0.717) is 18.9 Å². The smallest absolute Gasteiger partial charge is 0.305 e. The van der Waals surface area contributed by atoms with E-state index in [0.717, 1.165) is 93.3 Å². The topological polar surface area (TPSA) is 61.8 Å². The van der Waals surface area contributed by atoms with Crippen molar-refractivity contribution in [2.45, 2.75) is 70.6 Å². The van der Waals surface area contributed by atoms with E-state index < -0.39 is 0 Å². The Morgan fingerprint density at radius 1 is 1.17 bits per heavy atom. The van der Waals surface area contributed by atoms with Crippen LogP contribution >= 0.6 is 0 Å². The van der Waals surface area contributed by atoms with E-state index in [2.05, 4.69) is 10.8 Å². The van der Waals surface area contributed by atoms with E-state index in [1.165, 1.54) is 12.7 Å². The van der Waals surface area contributed by atoms with E-state index in [1.54, 1.807) is 0 Å². The highest BCUT2D eigenvalue weighted by Crippen LogP contribution is 2.41. The van der Waals surface area contributed by atoms with Gasteiger partial charge < -0.3 is 14.2 Å². The Morgan fingerprint density at radius 3 is 2.76 bits per heavy atom. The molecule has 1 aliphatic heterocycles. The molecule has 1 unspecified atom stereocenters. The maximum absolute atomic E-state index is 11.3. The normalized spacial score (nSPS) is 17.8. The molecule has 29 heavy (non-hydrogen) atoms. The van der Waals surface area contributed by atoms with E-state index in [4.69, 9.17) is 9.47 Å². The van der Waals surface area contributed by atoms with Gasteiger partial charge >= 0.3 is 5.97 Å². The van der Waals surface area contributed by atoms with Gasteiger partial charge in [-0.2, -0.15) is 0 Å². The molecular weight excluding hydrogens is 368 g/mol. The van der Waals surface area contributed by atoms with Crippen molar-refractivity contribution in [3.63, 3.8) is 0 Å². The Balaban J connectivity index is 1.38. The van der Waals surface area contributed by atoms with Crippen LogP contribution in [0.5, 0.6) is 11.5 Å². The number of unbranched alkanes of at least 4 members (excludes halogenated alkanes) is 5. The van der Waals surface area contributed by atoms with Crippen LogP contribution in [-0.2, 0) is 20.7 Å². The summed E-state index contributed by atoms with van der Waals surface area (Å²) >= 11 is 0. The fraction of sp³-hybridized carbons (Fsp3) is 0.583. The van der Waals surface area contributed by atoms with Crippen LogP contribution in [0.1, 0.15) is 69.8 Å². The molecule has 5 nitrogen and oxygen atoms in total. The lowest BCUT2D eigenvalue weighted by Crippen LogP contribution is -2.24. The van der Waals surface area contributed by atoms with Crippen molar-refractivity contribution >= 4 is 12.3 Å². The zero-order valence-corrected chi connectivity index (χ0v) is 17.4.